The van der Waals surface area contributed by atoms with E-state index in [4.69, 9.17) is 0 Å². The van der Waals surface area contributed by atoms with Gasteiger partial charge in [-0.3, -0.25) is 0 Å². The lowest BCUT2D eigenvalue weighted by molar-refractivity contribution is 0.294. The average molecular weight is 413 g/mol. The lowest BCUT2D eigenvalue weighted by Gasteiger charge is -2.26. The molecule has 0 heterocycles. The van der Waals surface area contributed by atoms with Crippen molar-refractivity contribution in [2.24, 2.45) is 17.8 Å². The van der Waals surface area contributed by atoms with Gasteiger partial charge in [0.05, 0.1) is 0 Å². The van der Waals surface area contributed by atoms with Crippen LogP contribution in [0.25, 0.3) is 0 Å². The highest BCUT2D eigenvalue weighted by atomic mass is 79.9. The van der Waals surface area contributed by atoms with Crippen LogP contribution >= 0.6 is 15.9 Å². The summed E-state index contributed by atoms with van der Waals surface area (Å²) in [5.41, 5.74) is 1.50. The smallest absolute Gasteiger partial charge is 0.0206 e. The Kier molecular flexibility index (Phi) is 7.87. The van der Waals surface area contributed by atoms with E-state index in [-0.39, 0.29) is 0 Å². The largest absolute Gasteiger partial charge is 0.0951 e. The predicted octanol–water partition coefficient (Wildman–Crippen LogP) is 7.89. The molecule has 0 aliphatic heterocycles. The van der Waals surface area contributed by atoms with E-state index < -0.39 is 0 Å². The maximum Gasteiger partial charge on any atom is 0.0206 e. The Morgan fingerprint density at radius 3 is 2.31 bits per heavy atom. The molecule has 2 saturated carbocycles. The van der Waals surface area contributed by atoms with Crippen molar-refractivity contribution >= 4 is 15.9 Å². The maximum absolute atomic E-state index is 3.53. The summed E-state index contributed by atoms with van der Waals surface area (Å²) in [7, 11) is 0. The Labute approximate surface area is 169 Å². The first-order valence-electron chi connectivity index (χ1n) is 10.7. The summed E-state index contributed by atoms with van der Waals surface area (Å²) in [6.07, 6.45) is 18.0. The average Bonchev–Trinajstić information content (AvgIpc) is 2.68. The topological polar surface area (TPSA) is 0 Å². The van der Waals surface area contributed by atoms with Crippen molar-refractivity contribution in [3.63, 3.8) is 0 Å². The van der Waals surface area contributed by atoms with Crippen LogP contribution in [0.3, 0.4) is 0 Å². The molecule has 0 nitrogen and oxygen atoms in total. The first kappa shape index (κ1) is 19.8. The summed E-state index contributed by atoms with van der Waals surface area (Å²) >= 11 is 3.53. The molecule has 1 heteroatoms. The van der Waals surface area contributed by atoms with Crippen LogP contribution in [0.1, 0.15) is 82.6 Å². The lowest BCUT2D eigenvalue weighted by atomic mass is 9.79. The summed E-state index contributed by atoms with van der Waals surface area (Å²) in [6.45, 7) is 2.31. The molecule has 0 N–H and O–H groups in total. The summed E-state index contributed by atoms with van der Waals surface area (Å²) in [4.78, 5) is 0. The van der Waals surface area contributed by atoms with Crippen LogP contribution in [0.5, 0.6) is 0 Å². The first-order chi connectivity index (χ1) is 12.7. The van der Waals surface area contributed by atoms with Crippen molar-refractivity contribution < 1.29 is 0 Å². The van der Waals surface area contributed by atoms with Gasteiger partial charge in [-0.25, -0.2) is 0 Å². The molecule has 0 radical (unpaired) electrons. The van der Waals surface area contributed by atoms with Gasteiger partial charge in [-0.15, -0.1) is 0 Å². The third-order valence-corrected chi connectivity index (χ3v) is 6.92. The van der Waals surface area contributed by atoms with E-state index in [0.717, 1.165) is 17.8 Å². The van der Waals surface area contributed by atoms with Gasteiger partial charge in [-0.1, -0.05) is 65.7 Å². The van der Waals surface area contributed by atoms with Gasteiger partial charge in [0.2, 0.25) is 0 Å². The van der Waals surface area contributed by atoms with E-state index in [9.17, 15) is 0 Å². The second-order valence-electron chi connectivity index (χ2n) is 8.32. The highest BCUT2D eigenvalue weighted by Crippen LogP contribution is 2.36. The molecule has 0 bridgehead atoms. The van der Waals surface area contributed by atoms with E-state index in [0.29, 0.717) is 5.92 Å². The molecule has 2 aliphatic rings. The third-order valence-electron chi connectivity index (χ3n) is 6.40. The van der Waals surface area contributed by atoms with Gasteiger partial charge in [0.1, 0.15) is 0 Å². The molecule has 26 heavy (non-hydrogen) atoms. The van der Waals surface area contributed by atoms with Crippen molar-refractivity contribution in [1.29, 1.82) is 0 Å². The zero-order valence-electron chi connectivity index (χ0n) is 16.2. The van der Waals surface area contributed by atoms with Gasteiger partial charge in [-0.05, 0) is 92.9 Å². The monoisotopic (exact) mass is 412 g/mol. The van der Waals surface area contributed by atoms with Crippen LogP contribution in [-0.2, 0) is 0 Å². The van der Waals surface area contributed by atoms with Gasteiger partial charge in [0.25, 0.3) is 0 Å². The van der Waals surface area contributed by atoms with Crippen LogP contribution in [0.2, 0.25) is 0 Å². The molecule has 0 unspecified atom stereocenters. The number of halogens is 1. The van der Waals surface area contributed by atoms with Gasteiger partial charge in [0, 0.05) is 10.4 Å². The number of hydrogen-bond acceptors (Lipinski definition) is 0. The fourth-order valence-corrected chi connectivity index (χ4v) is 5.00. The van der Waals surface area contributed by atoms with Gasteiger partial charge < -0.3 is 0 Å². The van der Waals surface area contributed by atoms with Gasteiger partial charge in [0.15, 0.2) is 0 Å². The summed E-state index contributed by atoms with van der Waals surface area (Å²) in [5.74, 6) is 10.0. The number of benzene rings is 1. The molecular formula is C25H33Br. The molecule has 1 aromatic rings. The number of rotatable bonds is 4. The predicted molar refractivity (Wildman–Crippen MR) is 116 cm³/mol. The molecule has 0 atom stereocenters. The minimum absolute atomic E-state index is 0.603. The molecule has 1 aromatic carbocycles. The quantitative estimate of drug-likeness (QED) is 0.440. The second kappa shape index (κ2) is 10.4. The second-order valence-corrected chi connectivity index (χ2v) is 9.23. The van der Waals surface area contributed by atoms with E-state index in [1.807, 2.05) is 0 Å². The molecule has 3 rings (SSSR count). The van der Waals surface area contributed by atoms with Crippen molar-refractivity contribution in [1.82, 2.24) is 0 Å². The Morgan fingerprint density at radius 1 is 0.962 bits per heavy atom. The summed E-state index contributed by atoms with van der Waals surface area (Å²) < 4.78 is 1.17. The minimum atomic E-state index is 0.603. The molecule has 140 valence electrons. The van der Waals surface area contributed by atoms with Crippen molar-refractivity contribution in [3.8, 4) is 11.8 Å². The van der Waals surface area contributed by atoms with Crippen LogP contribution in [-0.4, -0.2) is 0 Å². The lowest BCUT2D eigenvalue weighted by Crippen LogP contribution is -2.12. The van der Waals surface area contributed by atoms with Crippen LogP contribution in [0.15, 0.2) is 40.9 Å². The first-order valence-corrected chi connectivity index (χ1v) is 11.5. The highest BCUT2D eigenvalue weighted by Gasteiger charge is 2.21. The van der Waals surface area contributed by atoms with Gasteiger partial charge >= 0.3 is 0 Å². The van der Waals surface area contributed by atoms with Crippen molar-refractivity contribution in [3.05, 3.63) is 46.5 Å². The van der Waals surface area contributed by atoms with E-state index >= 15 is 0 Å². The number of allylic oxidation sites excluding steroid dienone is 2. The summed E-state index contributed by atoms with van der Waals surface area (Å²) in [6, 6.07) is 8.89. The van der Waals surface area contributed by atoms with E-state index in [1.54, 1.807) is 0 Å². The summed E-state index contributed by atoms with van der Waals surface area (Å²) in [5, 5.41) is 0. The van der Waals surface area contributed by atoms with Crippen LogP contribution < -0.4 is 0 Å². The third kappa shape index (κ3) is 6.02. The molecule has 2 fully saturated rings. The SMILES string of the molecule is CCC[C@H]1CC[C@H](C=CC#CC2CCC(c3ccc(Br)cc3)CC2)CC1. The molecule has 0 aromatic heterocycles. The fraction of sp³-hybridized carbons (Fsp3) is 0.600. The zero-order valence-corrected chi connectivity index (χ0v) is 17.8. The van der Waals surface area contributed by atoms with Crippen LogP contribution in [0.4, 0.5) is 0 Å². The Morgan fingerprint density at radius 2 is 1.65 bits per heavy atom. The zero-order chi connectivity index (χ0) is 18.2. The molecule has 0 amide bonds. The Hall–Kier alpha value is -1.000. The Balaban J connectivity index is 1.39. The standard InChI is InChI=1S/C25H33Br/c1-2-5-20-8-10-21(11-9-20)6-3-4-7-22-12-14-23(15-13-22)24-16-18-25(26)19-17-24/h3,6,16-23H,2,5,8-15H2,1H3/t20-,21-,22?,23?. The Bertz CT molecular complexity index is 614. The van der Waals surface area contributed by atoms with E-state index in [2.05, 4.69) is 71.1 Å². The molecule has 0 spiro atoms. The van der Waals surface area contributed by atoms with Crippen LogP contribution in [0, 0.1) is 29.6 Å². The molecule has 2 aliphatic carbocycles. The number of hydrogen-bond donors (Lipinski definition) is 0. The molecular weight excluding hydrogens is 380 g/mol. The fourth-order valence-electron chi connectivity index (χ4n) is 4.73. The normalized spacial score (nSPS) is 29.3. The van der Waals surface area contributed by atoms with Crippen molar-refractivity contribution in [2.75, 3.05) is 0 Å². The highest BCUT2D eigenvalue weighted by molar-refractivity contribution is 9.10. The van der Waals surface area contributed by atoms with E-state index in [1.165, 1.54) is 74.2 Å². The minimum Gasteiger partial charge on any atom is -0.0951 e. The van der Waals surface area contributed by atoms with Gasteiger partial charge in [-0.2, -0.15) is 0 Å². The molecule has 0 saturated heterocycles. The van der Waals surface area contributed by atoms with Crippen molar-refractivity contribution in [2.45, 2.75) is 77.0 Å². The maximum atomic E-state index is 3.53.